The summed E-state index contributed by atoms with van der Waals surface area (Å²) in [4.78, 5) is 43.8. The van der Waals surface area contributed by atoms with Gasteiger partial charge in [-0.1, -0.05) is 91.0 Å². The molecule has 0 amide bonds. The van der Waals surface area contributed by atoms with Crippen LogP contribution in [0.5, 0.6) is 0 Å². The molecule has 0 saturated carbocycles. The van der Waals surface area contributed by atoms with Crippen LogP contribution in [0.1, 0.15) is 0 Å². The average Bonchev–Trinajstić information content (AvgIpc) is 4.25. The van der Waals surface area contributed by atoms with Crippen molar-refractivity contribution >= 4 is 82.0 Å². The third-order valence-corrected chi connectivity index (χ3v) is 13.7. The van der Waals surface area contributed by atoms with E-state index in [4.69, 9.17) is 35.0 Å². The normalized spacial score (nSPS) is 12.0. The van der Waals surface area contributed by atoms with Gasteiger partial charge in [0.15, 0.2) is 17.3 Å². The number of hydrogen-bond donors (Lipinski definition) is 3. The minimum atomic E-state index is 0.495. The van der Waals surface area contributed by atoms with E-state index < -0.39 is 0 Å². The van der Waals surface area contributed by atoms with Crippen LogP contribution in [-0.4, -0.2) is 59.5 Å². The van der Waals surface area contributed by atoms with Crippen molar-refractivity contribution in [3.05, 3.63) is 189 Å². The van der Waals surface area contributed by atoms with Crippen LogP contribution < -0.4 is 0 Å². The zero-order chi connectivity index (χ0) is 45.9. The van der Waals surface area contributed by atoms with Gasteiger partial charge < -0.3 is 14.4 Å². The maximum absolute atomic E-state index is 5.58. The minimum absolute atomic E-state index is 0.495. The van der Waals surface area contributed by atoms with Gasteiger partial charge in [0.1, 0.15) is 11.2 Å². The number of imidazole rings is 1. The van der Waals surface area contributed by atoms with E-state index in [1.54, 1.807) is 12.5 Å². The Hall–Kier alpha value is -9.94. The van der Waals surface area contributed by atoms with Crippen molar-refractivity contribution in [1.29, 1.82) is 0 Å². The van der Waals surface area contributed by atoms with Gasteiger partial charge in [0.2, 0.25) is 0 Å². The lowest BCUT2D eigenvalue weighted by molar-refractivity contribution is 1.12. The highest BCUT2D eigenvalue weighted by atomic mass is 15.1. The zero-order valence-electron chi connectivity index (χ0n) is 36.9. The largest absolute Gasteiger partial charge is 0.354 e. The molecule has 0 fully saturated rings. The van der Waals surface area contributed by atoms with E-state index in [0.29, 0.717) is 17.3 Å². The van der Waals surface area contributed by atoms with Crippen molar-refractivity contribution in [2.24, 2.45) is 0 Å². The van der Waals surface area contributed by atoms with Gasteiger partial charge in [-0.05, 0) is 66.0 Å². The molecule has 12 heteroatoms. The molecule has 0 unspecified atom stereocenters. The number of para-hydroxylation sites is 3. The molecule has 0 radical (unpaired) electrons. The number of aromatic nitrogens is 12. The standard InChI is InChI=1S/C58H34N12/c1-4-14-35-32(11-1)24-26-59-54(35)51-48(42-22-20-33-12-2-6-16-39(33)64-42)46(37-25-28-70-27-10-9-19-45(37)70)50-49-43(65-55(50)52(51)58-60-29-34-13-3-7-17-40(34)66-58)23-21-38(53-36-15-5-8-18-41(36)68-69-53)47(49)57-61-30-44-56(67-57)63-31-62-44/h1-31,65H,(H,68,69)(H,61,62,63,67). The van der Waals surface area contributed by atoms with E-state index >= 15 is 0 Å². The van der Waals surface area contributed by atoms with E-state index in [-0.39, 0.29) is 0 Å². The smallest absolute Gasteiger partial charge is 0.181 e. The number of pyridine rings is 3. The highest BCUT2D eigenvalue weighted by Gasteiger charge is 2.33. The van der Waals surface area contributed by atoms with Gasteiger partial charge in [-0.2, -0.15) is 5.10 Å². The molecule has 12 nitrogen and oxygen atoms in total. The van der Waals surface area contributed by atoms with Crippen LogP contribution >= 0.6 is 0 Å². The van der Waals surface area contributed by atoms with Gasteiger partial charge in [-0.3, -0.25) is 10.1 Å². The van der Waals surface area contributed by atoms with Gasteiger partial charge in [-0.15, -0.1) is 0 Å². The van der Waals surface area contributed by atoms with Crippen molar-refractivity contribution in [3.8, 4) is 67.7 Å². The van der Waals surface area contributed by atoms with Gasteiger partial charge in [-0.25, -0.2) is 29.9 Å². The number of H-pyrrole nitrogens is 3. The van der Waals surface area contributed by atoms with Crippen molar-refractivity contribution in [2.45, 2.75) is 0 Å². The molecule has 9 aromatic heterocycles. The topological polar surface area (TPSA) is 155 Å². The van der Waals surface area contributed by atoms with Gasteiger partial charge in [0, 0.05) is 96.0 Å². The fraction of sp³-hybridized carbons (Fsp3) is 0. The Balaban J connectivity index is 1.24. The maximum Gasteiger partial charge on any atom is 0.181 e. The van der Waals surface area contributed by atoms with Crippen LogP contribution in [0.4, 0.5) is 0 Å². The second kappa shape index (κ2) is 14.8. The molecule has 9 heterocycles. The van der Waals surface area contributed by atoms with Crippen LogP contribution in [0.3, 0.4) is 0 Å². The summed E-state index contributed by atoms with van der Waals surface area (Å²) in [5.74, 6) is 1.03. The molecule has 0 bridgehead atoms. The van der Waals surface area contributed by atoms with Crippen LogP contribution in [0.25, 0.3) is 150 Å². The summed E-state index contributed by atoms with van der Waals surface area (Å²) in [6.45, 7) is 0. The monoisotopic (exact) mass is 898 g/mol. The highest BCUT2D eigenvalue weighted by molar-refractivity contribution is 6.30. The first-order valence-corrected chi connectivity index (χ1v) is 23.0. The summed E-state index contributed by atoms with van der Waals surface area (Å²) in [5, 5.41) is 15.1. The van der Waals surface area contributed by atoms with E-state index in [1.807, 2.05) is 67.0 Å². The third kappa shape index (κ3) is 5.64. The predicted octanol–water partition coefficient (Wildman–Crippen LogP) is 13.2. The number of hydrogen-bond acceptors (Lipinski definition) is 8. The molecule has 15 aromatic rings. The van der Waals surface area contributed by atoms with Crippen LogP contribution in [0.15, 0.2) is 189 Å². The second-order valence-electron chi connectivity index (χ2n) is 17.5. The third-order valence-electron chi connectivity index (χ3n) is 13.7. The molecule has 0 saturated heterocycles. The van der Waals surface area contributed by atoms with Crippen molar-refractivity contribution in [3.63, 3.8) is 0 Å². The summed E-state index contributed by atoms with van der Waals surface area (Å²) < 4.78 is 2.17. The molecule has 6 aromatic carbocycles. The van der Waals surface area contributed by atoms with Crippen LogP contribution in [0.2, 0.25) is 0 Å². The van der Waals surface area contributed by atoms with Gasteiger partial charge >= 0.3 is 0 Å². The first-order valence-electron chi connectivity index (χ1n) is 23.0. The summed E-state index contributed by atoms with van der Waals surface area (Å²) >= 11 is 0. The second-order valence-corrected chi connectivity index (χ2v) is 17.5. The highest BCUT2D eigenvalue weighted by Crippen LogP contribution is 2.55. The number of nitrogens with one attached hydrogen (secondary N) is 3. The van der Waals surface area contributed by atoms with E-state index in [1.165, 1.54) is 0 Å². The number of nitrogens with zero attached hydrogens (tertiary/aromatic N) is 9. The molecule has 326 valence electrons. The quantitative estimate of drug-likeness (QED) is 0.149. The van der Waals surface area contributed by atoms with E-state index in [9.17, 15) is 0 Å². The SMILES string of the molecule is c1ccc2nc(-c3c(-c4nccc5ccccc45)c(-c4ncc5ccccc5n4)c4[nH]c5ccc(-c6n[nH]c7ccccc67)c(-c6ncc7[nH]cnc7n6)c5c4c3-c3ccn4ccccc34)ccc2c1. The van der Waals surface area contributed by atoms with Gasteiger partial charge in [0.25, 0.3) is 0 Å². The maximum atomic E-state index is 5.58. The fourth-order valence-electron chi connectivity index (χ4n) is 10.5. The minimum Gasteiger partial charge on any atom is -0.354 e. The summed E-state index contributed by atoms with van der Waals surface area (Å²) in [6, 6.07) is 52.1. The Morgan fingerprint density at radius 2 is 1.23 bits per heavy atom. The number of rotatable bonds is 6. The lowest BCUT2D eigenvalue weighted by Crippen LogP contribution is -2.02. The van der Waals surface area contributed by atoms with Gasteiger partial charge in [0.05, 0.1) is 57.1 Å². The molecule has 0 spiro atoms. The first-order chi connectivity index (χ1) is 34.7. The summed E-state index contributed by atoms with van der Waals surface area (Å²) in [6.07, 6.45) is 11.5. The Morgan fingerprint density at radius 1 is 0.443 bits per heavy atom. The number of fused-ring (bicyclic) bond motifs is 9. The molecular weight excluding hydrogens is 865 g/mol. The predicted molar refractivity (Wildman–Crippen MR) is 278 cm³/mol. The zero-order valence-corrected chi connectivity index (χ0v) is 36.9. The molecule has 0 atom stereocenters. The first kappa shape index (κ1) is 38.2. The summed E-state index contributed by atoms with van der Waals surface area (Å²) in [5.41, 5.74) is 14.9. The number of benzene rings is 6. The Morgan fingerprint density at radius 3 is 2.16 bits per heavy atom. The Kier molecular flexibility index (Phi) is 8.06. The lowest BCUT2D eigenvalue weighted by atomic mass is 9.82. The fourth-order valence-corrected chi connectivity index (χ4v) is 10.5. The Bertz CT molecular complexity index is 4630. The number of aromatic amines is 3. The van der Waals surface area contributed by atoms with E-state index in [0.717, 1.165) is 132 Å². The lowest BCUT2D eigenvalue weighted by Gasteiger charge is -2.22. The molecule has 0 aliphatic heterocycles. The molecule has 0 aliphatic carbocycles. The molecule has 70 heavy (non-hydrogen) atoms. The molecular formula is C58H34N12. The Labute approximate surface area is 396 Å². The summed E-state index contributed by atoms with van der Waals surface area (Å²) in [7, 11) is 0. The van der Waals surface area contributed by atoms with Crippen LogP contribution in [0, 0.1) is 0 Å². The molecule has 3 N–H and O–H groups in total. The molecule has 0 aliphatic rings. The molecule has 15 rings (SSSR count). The van der Waals surface area contributed by atoms with E-state index in [2.05, 4.69) is 134 Å². The van der Waals surface area contributed by atoms with Crippen molar-refractivity contribution in [1.82, 2.24) is 59.5 Å². The average molecular weight is 899 g/mol. The van der Waals surface area contributed by atoms with Crippen LogP contribution in [-0.2, 0) is 0 Å². The van der Waals surface area contributed by atoms with Crippen molar-refractivity contribution in [2.75, 3.05) is 0 Å². The van der Waals surface area contributed by atoms with Crippen molar-refractivity contribution < 1.29 is 0 Å².